The molecule has 1 saturated heterocycles. The third-order valence-electron chi connectivity index (χ3n) is 2.76. The summed E-state index contributed by atoms with van der Waals surface area (Å²) in [6.07, 6.45) is 1.90. The number of hydrogen-bond acceptors (Lipinski definition) is 3. The van der Waals surface area contributed by atoms with Crippen molar-refractivity contribution >= 4 is 23.2 Å². The summed E-state index contributed by atoms with van der Waals surface area (Å²) >= 11 is 12.1. The van der Waals surface area contributed by atoms with E-state index in [-0.39, 0.29) is 6.10 Å². The smallest absolute Gasteiger partial charge is 0.142 e. The highest BCUT2D eigenvalue weighted by Crippen LogP contribution is 2.33. The van der Waals surface area contributed by atoms with Gasteiger partial charge in [0, 0.05) is 30.0 Å². The van der Waals surface area contributed by atoms with Gasteiger partial charge in [-0.15, -0.1) is 0 Å². The lowest BCUT2D eigenvalue weighted by molar-refractivity contribution is 0.0252. The lowest BCUT2D eigenvalue weighted by Crippen LogP contribution is -2.26. The highest BCUT2D eigenvalue weighted by molar-refractivity contribution is 6.35. The maximum absolute atomic E-state index is 6.14. The van der Waals surface area contributed by atoms with Crippen LogP contribution >= 0.6 is 23.2 Å². The largest absolute Gasteiger partial charge is 0.488 e. The minimum Gasteiger partial charge on any atom is -0.488 e. The van der Waals surface area contributed by atoms with Crippen molar-refractivity contribution in [3.8, 4) is 5.75 Å². The van der Waals surface area contributed by atoms with Crippen LogP contribution in [0.25, 0.3) is 0 Å². The Bertz CT molecular complexity index is 392. The molecular weight excluding hydrogens is 261 g/mol. The van der Waals surface area contributed by atoms with E-state index in [1.807, 2.05) is 0 Å². The Hall–Kier alpha value is -0.480. The molecule has 0 unspecified atom stereocenters. The zero-order chi connectivity index (χ0) is 12.3. The quantitative estimate of drug-likeness (QED) is 0.923. The summed E-state index contributed by atoms with van der Waals surface area (Å²) in [5.74, 6) is 0.658. The van der Waals surface area contributed by atoms with Gasteiger partial charge in [0.05, 0.1) is 18.2 Å². The average molecular weight is 276 g/mol. The van der Waals surface area contributed by atoms with Crippen LogP contribution in [0, 0.1) is 0 Å². The molecule has 5 heteroatoms. The lowest BCUT2D eigenvalue weighted by Gasteiger charge is -2.25. The number of nitrogens with two attached hydrogens (primary N) is 1. The van der Waals surface area contributed by atoms with E-state index in [9.17, 15) is 0 Å². The second-order valence-corrected chi connectivity index (χ2v) is 4.85. The highest BCUT2D eigenvalue weighted by atomic mass is 35.5. The van der Waals surface area contributed by atoms with Crippen molar-refractivity contribution in [2.75, 3.05) is 13.2 Å². The maximum atomic E-state index is 6.14. The molecule has 0 atom stereocenters. The monoisotopic (exact) mass is 275 g/mol. The van der Waals surface area contributed by atoms with Gasteiger partial charge >= 0.3 is 0 Å². The van der Waals surface area contributed by atoms with Gasteiger partial charge in [0.25, 0.3) is 0 Å². The van der Waals surface area contributed by atoms with E-state index in [0.29, 0.717) is 22.3 Å². The van der Waals surface area contributed by atoms with Crippen molar-refractivity contribution in [1.82, 2.24) is 0 Å². The molecular formula is C12H15Cl2NO2. The van der Waals surface area contributed by atoms with Crippen LogP contribution < -0.4 is 10.5 Å². The zero-order valence-electron chi connectivity index (χ0n) is 9.42. The van der Waals surface area contributed by atoms with Crippen LogP contribution in [0.15, 0.2) is 12.1 Å². The second kappa shape index (κ2) is 5.91. The fourth-order valence-corrected chi connectivity index (χ4v) is 2.44. The molecule has 0 amide bonds. The first kappa shape index (κ1) is 13.0. The van der Waals surface area contributed by atoms with E-state index in [4.69, 9.17) is 38.4 Å². The van der Waals surface area contributed by atoms with Gasteiger partial charge in [-0.05, 0) is 12.1 Å². The van der Waals surface area contributed by atoms with Gasteiger partial charge in [-0.25, -0.2) is 0 Å². The number of halogens is 2. The summed E-state index contributed by atoms with van der Waals surface area (Å²) < 4.78 is 11.2. The molecule has 0 saturated carbocycles. The first-order valence-corrected chi connectivity index (χ1v) is 6.38. The van der Waals surface area contributed by atoms with E-state index in [0.717, 1.165) is 31.6 Å². The van der Waals surface area contributed by atoms with Crippen LogP contribution in [-0.4, -0.2) is 19.3 Å². The van der Waals surface area contributed by atoms with Crippen LogP contribution in [-0.2, 0) is 11.3 Å². The number of rotatable bonds is 3. The van der Waals surface area contributed by atoms with Crippen molar-refractivity contribution < 1.29 is 9.47 Å². The minimum absolute atomic E-state index is 0.146. The second-order valence-electron chi connectivity index (χ2n) is 4.01. The van der Waals surface area contributed by atoms with Crippen LogP contribution in [0.3, 0.4) is 0 Å². The molecule has 0 aliphatic carbocycles. The molecule has 1 aliphatic rings. The van der Waals surface area contributed by atoms with Crippen molar-refractivity contribution in [2.24, 2.45) is 5.73 Å². The molecule has 1 aromatic rings. The van der Waals surface area contributed by atoms with Crippen LogP contribution in [0.2, 0.25) is 10.0 Å². The van der Waals surface area contributed by atoms with Gasteiger partial charge in [0.1, 0.15) is 11.9 Å². The first-order chi connectivity index (χ1) is 8.20. The van der Waals surface area contributed by atoms with Gasteiger partial charge < -0.3 is 15.2 Å². The third kappa shape index (κ3) is 3.26. The van der Waals surface area contributed by atoms with E-state index >= 15 is 0 Å². The maximum Gasteiger partial charge on any atom is 0.142 e. The summed E-state index contributed by atoms with van der Waals surface area (Å²) in [5, 5.41) is 1.10. The van der Waals surface area contributed by atoms with E-state index in [1.54, 1.807) is 12.1 Å². The van der Waals surface area contributed by atoms with Gasteiger partial charge in [0.15, 0.2) is 0 Å². The molecule has 1 aromatic carbocycles. The summed E-state index contributed by atoms with van der Waals surface area (Å²) in [7, 11) is 0. The summed E-state index contributed by atoms with van der Waals surface area (Å²) in [5.41, 5.74) is 6.51. The van der Waals surface area contributed by atoms with Gasteiger partial charge in [-0.2, -0.15) is 0 Å². The summed E-state index contributed by atoms with van der Waals surface area (Å²) in [4.78, 5) is 0. The standard InChI is InChI=1S/C12H15Cl2NO2/c13-9-5-8(7-15)12(11(14)6-9)17-10-1-3-16-4-2-10/h5-6,10H,1-4,7,15H2. The molecule has 1 heterocycles. The van der Waals surface area contributed by atoms with Crippen molar-refractivity contribution in [2.45, 2.75) is 25.5 Å². The molecule has 17 heavy (non-hydrogen) atoms. The van der Waals surface area contributed by atoms with Crippen molar-refractivity contribution in [1.29, 1.82) is 0 Å². The molecule has 0 radical (unpaired) electrons. The molecule has 2 N–H and O–H groups in total. The van der Waals surface area contributed by atoms with Crippen molar-refractivity contribution in [3.05, 3.63) is 27.7 Å². The number of ether oxygens (including phenoxy) is 2. The molecule has 0 spiro atoms. The Labute approximate surface area is 111 Å². The first-order valence-electron chi connectivity index (χ1n) is 5.63. The molecule has 2 rings (SSSR count). The molecule has 1 fully saturated rings. The predicted molar refractivity (Wildman–Crippen MR) is 68.8 cm³/mol. The van der Waals surface area contributed by atoms with E-state index in [1.165, 1.54) is 0 Å². The number of benzene rings is 1. The van der Waals surface area contributed by atoms with Crippen LogP contribution in [0.1, 0.15) is 18.4 Å². The zero-order valence-corrected chi connectivity index (χ0v) is 10.9. The molecule has 1 aliphatic heterocycles. The van der Waals surface area contributed by atoms with E-state index < -0.39 is 0 Å². The Balaban J connectivity index is 2.18. The van der Waals surface area contributed by atoms with Gasteiger partial charge in [-0.1, -0.05) is 23.2 Å². The Morgan fingerprint density at radius 3 is 2.65 bits per heavy atom. The van der Waals surface area contributed by atoms with Gasteiger partial charge in [0.2, 0.25) is 0 Å². The Kier molecular flexibility index (Phi) is 4.51. The third-order valence-corrected chi connectivity index (χ3v) is 3.26. The average Bonchev–Trinajstić information content (AvgIpc) is 2.33. The summed E-state index contributed by atoms with van der Waals surface area (Å²) in [6, 6.07) is 3.47. The topological polar surface area (TPSA) is 44.5 Å². The number of hydrogen-bond donors (Lipinski definition) is 1. The highest BCUT2D eigenvalue weighted by Gasteiger charge is 2.18. The normalized spacial score (nSPS) is 17.1. The van der Waals surface area contributed by atoms with Gasteiger partial charge in [-0.3, -0.25) is 0 Å². The Morgan fingerprint density at radius 1 is 1.29 bits per heavy atom. The van der Waals surface area contributed by atoms with E-state index in [2.05, 4.69) is 0 Å². The summed E-state index contributed by atoms with van der Waals surface area (Å²) in [6.45, 7) is 1.82. The molecule has 3 nitrogen and oxygen atoms in total. The molecule has 94 valence electrons. The molecule has 0 aromatic heterocycles. The predicted octanol–water partition coefficient (Wildman–Crippen LogP) is 3.01. The van der Waals surface area contributed by atoms with Crippen LogP contribution in [0.4, 0.5) is 0 Å². The van der Waals surface area contributed by atoms with Crippen molar-refractivity contribution in [3.63, 3.8) is 0 Å². The lowest BCUT2D eigenvalue weighted by atomic mass is 10.1. The minimum atomic E-state index is 0.146. The fraction of sp³-hybridized carbons (Fsp3) is 0.500. The SMILES string of the molecule is NCc1cc(Cl)cc(Cl)c1OC1CCOCC1. The molecule has 0 bridgehead atoms. The fourth-order valence-electron chi connectivity index (χ4n) is 1.86. The Morgan fingerprint density at radius 2 is 2.00 bits per heavy atom. The van der Waals surface area contributed by atoms with Crippen LogP contribution in [0.5, 0.6) is 5.75 Å².